The number of fused-ring (bicyclic) bond motifs is 1. The van der Waals surface area contributed by atoms with Crippen LogP contribution in [-0.2, 0) is 4.74 Å². The average molecular weight is 422 g/mol. The molecular weight excluding hydrogens is 402 g/mol. The van der Waals surface area contributed by atoms with E-state index >= 15 is 0 Å². The molecule has 4 heterocycles. The lowest BCUT2D eigenvalue weighted by molar-refractivity contribution is 0.0996. The van der Waals surface area contributed by atoms with E-state index in [1.165, 1.54) is 17.5 Å². The highest BCUT2D eigenvalue weighted by molar-refractivity contribution is 7.12. The Morgan fingerprint density at radius 3 is 2.79 bits per heavy atom. The first-order valence-electron chi connectivity index (χ1n) is 8.52. The van der Waals surface area contributed by atoms with Gasteiger partial charge in [-0.2, -0.15) is 0 Å². The van der Waals surface area contributed by atoms with E-state index in [0.29, 0.717) is 29.0 Å². The van der Waals surface area contributed by atoms with Crippen LogP contribution in [0.3, 0.4) is 0 Å². The molecule has 28 heavy (non-hydrogen) atoms. The number of ether oxygens (including phenoxy) is 1. The Morgan fingerprint density at radius 2 is 2.18 bits per heavy atom. The SMILES string of the molecule is CN[C@H]1CN(c2ccc3c(=O)c(C=O)cn(-c4nccs4)c3n2)C[C@@H]1OC.Cl. The van der Waals surface area contributed by atoms with Crippen LogP contribution in [0.15, 0.2) is 34.7 Å². The standard InChI is InChI=1S/C18H19N5O3S.ClH/c1-19-13-8-22(9-14(13)26-2)15-4-3-12-16(25)11(10-24)7-23(17(12)21-15)18-20-5-6-27-18;/h3-7,10,13-14,19H,8-9H2,1-2H3;1H/t13-,14-;/m0./s1. The summed E-state index contributed by atoms with van der Waals surface area (Å²) in [6.07, 6.45) is 3.81. The molecule has 3 aromatic rings. The molecule has 0 bridgehead atoms. The molecule has 0 unspecified atom stereocenters. The Kier molecular flexibility index (Phi) is 6.09. The first kappa shape index (κ1) is 20.4. The van der Waals surface area contributed by atoms with E-state index in [1.54, 1.807) is 23.9 Å². The highest BCUT2D eigenvalue weighted by Crippen LogP contribution is 2.24. The van der Waals surface area contributed by atoms with Gasteiger partial charge in [0.05, 0.1) is 23.1 Å². The number of nitrogens with one attached hydrogen (secondary N) is 1. The number of rotatable bonds is 5. The second-order valence-corrected chi connectivity index (χ2v) is 7.20. The van der Waals surface area contributed by atoms with Crippen molar-refractivity contribution in [3.8, 4) is 5.13 Å². The van der Waals surface area contributed by atoms with Gasteiger partial charge in [-0.15, -0.1) is 23.7 Å². The lowest BCUT2D eigenvalue weighted by Gasteiger charge is -2.18. The molecule has 1 aliphatic rings. The van der Waals surface area contributed by atoms with Crippen LogP contribution in [0.2, 0.25) is 0 Å². The van der Waals surface area contributed by atoms with E-state index in [0.717, 1.165) is 12.4 Å². The summed E-state index contributed by atoms with van der Waals surface area (Å²) in [6.45, 7) is 1.45. The molecule has 0 spiro atoms. The second kappa shape index (κ2) is 8.36. The number of methoxy groups -OCH3 is 1. The molecule has 148 valence electrons. The molecule has 3 aromatic heterocycles. The Bertz CT molecular complexity index is 1030. The third kappa shape index (κ3) is 3.42. The molecule has 1 N–H and O–H groups in total. The second-order valence-electron chi connectivity index (χ2n) is 6.33. The molecule has 0 radical (unpaired) electrons. The number of nitrogens with zero attached hydrogens (tertiary/aromatic N) is 4. The van der Waals surface area contributed by atoms with Crippen LogP contribution >= 0.6 is 23.7 Å². The quantitative estimate of drug-likeness (QED) is 0.624. The monoisotopic (exact) mass is 421 g/mol. The molecule has 8 nitrogen and oxygen atoms in total. The molecule has 0 aliphatic carbocycles. The van der Waals surface area contributed by atoms with Gasteiger partial charge in [0.25, 0.3) is 0 Å². The van der Waals surface area contributed by atoms with Gasteiger partial charge in [0.2, 0.25) is 5.43 Å². The number of carbonyl (C=O) groups is 1. The average Bonchev–Trinajstić information content (AvgIpc) is 3.37. The lowest BCUT2D eigenvalue weighted by atomic mass is 10.2. The lowest BCUT2D eigenvalue weighted by Crippen LogP contribution is -2.37. The van der Waals surface area contributed by atoms with E-state index in [9.17, 15) is 9.59 Å². The third-order valence-corrected chi connectivity index (χ3v) is 5.65. The predicted molar refractivity (Wildman–Crippen MR) is 112 cm³/mol. The number of hydrogen-bond donors (Lipinski definition) is 1. The predicted octanol–water partition coefficient (Wildman–Crippen LogP) is 1.50. The number of anilines is 1. The number of aldehydes is 1. The smallest absolute Gasteiger partial charge is 0.201 e. The third-order valence-electron chi connectivity index (χ3n) is 4.88. The number of carbonyl (C=O) groups excluding carboxylic acids is 1. The summed E-state index contributed by atoms with van der Waals surface area (Å²) in [4.78, 5) is 35.1. The van der Waals surface area contributed by atoms with Crippen LogP contribution in [0, 0.1) is 0 Å². The van der Waals surface area contributed by atoms with E-state index in [-0.39, 0.29) is 35.5 Å². The van der Waals surface area contributed by atoms with Gasteiger partial charge in [-0.1, -0.05) is 0 Å². The van der Waals surface area contributed by atoms with Crippen molar-refractivity contribution < 1.29 is 9.53 Å². The van der Waals surface area contributed by atoms with Gasteiger partial charge in [-0.05, 0) is 19.2 Å². The van der Waals surface area contributed by atoms with Crippen LogP contribution in [0.5, 0.6) is 0 Å². The van der Waals surface area contributed by atoms with Gasteiger partial charge < -0.3 is 15.0 Å². The van der Waals surface area contributed by atoms with Crippen molar-refractivity contribution in [1.29, 1.82) is 0 Å². The van der Waals surface area contributed by atoms with Gasteiger partial charge in [0, 0.05) is 38.0 Å². The van der Waals surface area contributed by atoms with Crippen LogP contribution in [0.1, 0.15) is 10.4 Å². The van der Waals surface area contributed by atoms with Gasteiger partial charge in [0.1, 0.15) is 5.82 Å². The van der Waals surface area contributed by atoms with Crippen molar-refractivity contribution in [3.63, 3.8) is 0 Å². The molecule has 4 rings (SSSR count). The Labute approximate surface area is 171 Å². The molecule has 0 aromatic carbocycles. The minimum absolute atomic E-state index is 0. The number of pyridine rings is 2. The maximum atomic E-state index is 12.6. The van der Waals surface area contributed by atoms with E-state index in [1.807, 2.05) is 18.5 Å². The van der Waals surface area contributed by atoms with Crippen molar-refractivity contribution in [2.24, 2.45) is 0 Å². The van der Waals surface area contributed by atoms with Crippen molar-refractivity contribution in [2.75, 3.05) is 32.1 Å². The maximum Gasteiger partial charge on any atom is 0.201 e. The minimum Gasteiger partial charge on any atom is -0.378 e. The van der Waals surface area contributed by atoms with Crippen molar-refractivity contribution in [3.05, 3.63) is 45.7 Å². The number of likely N-dealkylation sites (N-methyl/N-ethyl adjacent to an activating group) is 1. The van der Waals surface area contributed by atoms with Gasteiger partial charge in [-0.25, -0.2) is 9.97 Å². The summed E-state index contributed by atoms with van der Waals surface area (Å²) < 4.78 is 7.25. The molecule has 1 fully saturated rings. The highest BCUT2D eigenvalue weighted by Gasteiger charge is 2.32. The van der Waals surface area contributed by atoms with E-state index in [2.05, 4.69) is 15.2 Å². The normalized spacial score (nSPS) is 19.0. The number of aromatic nitrogens is 3. The molecule has 2 atom stereocenters. The van der Waals surface area contributed by atoms with E-state index in [4.69, 9.17) is 9.72 Å². The van der Waals surface area contributed by atoms with Crippen molar-refractivity contribution in [2.45, 2.75) is 12.1 Å². The topological polar surface area (TPSA) is 89.4 Å². The summed E-state index contributed by atoms with van der Waals surface area (Å²) in [6, 6.07) is 3.74. The molecular formula is C18H20ClN5O3S. The summed E-state index contributed by atoms with van der Waals surface area (Å²) in [5.74, 6) is 0.755. The van der Waals surface area contributed by atoms with Crippen LogP contribution < -0.4 is 15.6 Å². The van der Waals surface area contributed by atoms with Gasteiger partial charge >= 0.3 is 0 Å². The maximum absolute atomic E-state index is 12.6. The molecule has 1 aliphatic heterocycles. The Balaban J connectivity index is 0.00000225. The fourth-order valence-electron chi connectivity index (χ4n) is 3.43. The molecule has 1 saturated heterocycles. The highest BCUT2D eigenvalue weighted by atomic mass is 35.5. The fraction of sp³-hybridized carbons (Fsp3) is 0.333. The zero-order valence-electron chi connectivity index (χ0n) is 15.4. The zero-order chi connectivity index (χ0) is 19.0. The first-order valence-corrected chi connectivity index (χ1v) is 9.40. The van der Waals surface area contributed by atoms with Crippen molar-refractivity contribution >= 4 is 46.9 Å². The summed E-state index contributed by atoms with van der Waals surface area (Å²) in [7, 11) is 3.61. The summed E-state index contributed by atoms with van der Waals surface area (Å²) in [5.41, 5.74) is 0.249. The number of thiazole rings is 1. The Hall–Kier alpha value is -2.33. The number of hydrogen-bond acceptors (Lipinski definition) is 8. The summed E-state index contributed by atoms with van der Waals surface area (Å²) >= 11 is 1.41. The minimum atomic E-state index is -0.323. The van der Waals surface area contributed by atoms with Gasteiger partial charge in [0.15, 0.2) is 17.1 Å². The Morgan fingerprint density at radius 1 is 1.36 bits per heavy atom. The fourth-order valence-corrected chi connectivity index (χ4v) is 4.05. The molecule has 10 heteroatoms. The molecule has 0 amide bonds. The largest absolute Gasteiger partial charge is 0.378 e. The summed E-state index contributed by atoms with van der Waals surface area (Å²) in [5, 5.41) is 6.15. The van der Waals surface area contributed by atoms with Gasteiger partial charge in [-0.3, -0.25) is 14.2 Å². The van der Waals surface area contributed by atoms with Crippen molar-refractivity contribution in [1.82, 2.24) is 19.9 Å². The van der Waals surface area contributed by atoms with Crippen LogP contribution in [0.4, 0.5) is 5.82 Å². The zero-order valence-corrected chi connectivity index (χ0v) is 17.0. The van der Waals surface area contributed by atoms with Crippen LogP contribution in [-0.4, -0.2) is 60.2 Å². The first-order chi connectivity index (χ1) is 13.2. The molecule has 0 saturated carbocycles. The van der Waals surface area contributed by atoms with Crippen LogP contribution in [0.25, 0.3) is 16.2 Å². The van der Waals surface area contributed by atoms with E-state index < -0.39 is 0 Å². The number of halogens is 1.